The first-order valence-electron chi connectivity index (χ1n) is 4.94. The molecule has 0 aliphatic heterocycles. The highest BCUT2D eigenvalue weighted by Crippen LogP contribution is 2.29. The van der Waals surface area contributed by atoms with Gasteiger partial charge in [-0.3, -0.25) is 0 Å². The van der Waals surface area contributed by atoms with Gasteiger partial charge in [-0.05, 0) is 25.1 Å². The number of halogens is 2. The summed E-state index contributed by atoms with van der Waals surface area (Å²) in [5, 5.41) is 12.1. The van der Waals surface area contributed by atoms with Crippen molar-refractivity contribution in [3.8, 4) is 0 Å². The Bertz CT molecular complexity index is 524. The third-order valence-corrected chi connectivity index (χ3v) is 2.92. The predicted octanol–water partition coefficient (Wildman–Crippen LogP) is 3.64. The third kappa shape index (κ3) is 3.24. The summed E-state index contributed by atoms with van der Waals surface area (Å²) in [7, 11) is 1.27. The maximum atomic E-state index is 11.5. The zero-order chi connectivity index (χ0) is 13.7. The van der Waals surface area contributed by atoms with E-state index in [0.717, 1.165) is 0 Å². The molecule has 4 nitrogen and oxygen atoms in total. The van der Waals surface area contributed by atoms with Crippen molar-refractivity contribution < 1.29 is 14.7 Å². The lowest BCUT2D eigenvalue weighted by atomic mass is 10.1. The van der Waals surface area contributed by atoms with Crippen molar-refractivity contribution in [3.63, 3.8) is 0 Å². The molecule has 0 spiro atoms. The molecule has 0 aromatic heterocycles. The quantitative estimate of drug-likeness (QED) is 0.400. The highest BCUT2D eigenvalue weighted by atomic mass is 35.5. The van der Waals surface area contributed by atoms with Crippen molar-refractivity contribution in [2.75, 3.05) is 7.11 Å². The van der Waals surface area contributed by atoms with Crippen molar-refractivity contribution in [2.24, 2.45) is 5.16 Å². The van der Waals surface area contributed by atoms with Crippen molar-refractivity contribution in [3.05, 3.63) is 39.4 Å². The SMILES string of the molecule is COC(=O)c1ccc(Cl)c(/C=C/C(C)=N\O)c1Cl. The van der Waals surface area contributed by atoms with E-state index in [1.165, 1.54) is 19.3 Å². The zero-order valence-corrected chi connectivity index (χ0v) is 11.3. The summed E-state index contributed by atoms with van der Waals surface area (Å²) in [4.78, 5) is 11.5. The van der Waals surface area contributed by atoms with Crippen LogP contribution in [0.2, 0.25) is 10.0 Å². The molecule has 96 valence electrons. The van der Waals surface area contributed by atoms with Crippen LogP contribution in [-0.2, 0) is 4.74 Å². The van der Waals surface area contributed by atoms with E-state index < -0.39 is 5.97 Å². The van der Waals surface area contributed by atoms with Gasteiger partial charge in [-0.25, -0.2) is 4.79 Å². The molecule has 0 heterocycles. The number of methoxy groups -OCH3 is 1. The topological polar surface area (TPSA) is 58.9 Å². The van der Waals surface area contributed by atoms with Gasteiger partial charge in [-0.15, -0.1) is 0 Å². The van der Waals surface area contributed by atoms with E-state index >= 15 is 0 Å². The number of rotatable bonds is 3. The van der Waals surface area contributed by atoms with Gasteiger partial charge in [0.15, 0.2) is 0 Å². The van der Waals surface area contributed by atoms with Gasteiger partial charge in [-0.1, -0.05) is 34.4 Å². The van der Waals surface area contributed by atoms with E-state index in [4.69, 9.17) is 28.4 Å². The molecule has 0 saturated heterocycles. The molecule has 0 radical (unpaired) electrons. The molecule has 0 aliphatic rings. The van der Waals surface area contributed by atoms with Gasteiger partial charge in [0.05, 0.1) is 23.4 Å². The number of benzene rings is 1. The lowest BCUT2D eigenvalue weighted by molar-refractivity contribution is 0.0601. The summed E-state index contributed by atoms with van der Waals surface area (Å²) in [6.45, 7) is 1.60. The number of hydrogen-bond donors (Lipinski definition) is 1. The summed E-state index contributed by atoms with van der Waals surface area (Å²) in [6, 6.07) is 3.03. The second kappa shape index (κ2) is 6.42. The molecule has 0 amide bonds. The minimum absolute atomic E-state index is 0.191. The van der Waals surface area contributed by atoms with Crippen molar-refractivity contribution in [1.82, 2.24) is 0 Å². The van der Waals surface area contributed by atoms with Crippen LogP contribution in [-0.4, -0.2) is 24.0 Å². The maximum absolute atomic E-state index is 11.5. The molecule has 0 atom stereocenters. The number of carbonyl (C=O) groups excluding carboxylic acids is 1. The normalized spacial score (nSPS) is 11.9. The molecule has 0 unspecified atom stereocenters. The monoisotopic (exact) mass is 287 g/mol. The van der Waals surface area contributed by atoms with Crippen LogP contribution in [0.25, 0.3) is 6.08 Å². The van der Waals surface area contributed by atoms with Gasteiger partial charge in [0.2, 0.25) is 0 Å². The largest absolute Gasteiger partial charge is 0.465 e. The number of nitrogens with zero attached hydrogens (tertiary/aromatic N) is 1. The molecule has 18 heavy (non-hydrogen) atoms. The number of ether oxygens (including phenoxy) is 1. The number of esters is 1. The molecule has 0 saturated carbocycles. The second-order valence-corrected chi connectivity index (χ2v) is 4.17. The Hall–Kier alpha value is -1.52. The summed E-state index contributed by atoms with van der Waals surface area (Å²) in [5.74, 6) is -0.543. The average Bonchev–Trinajstić information content (AvgIpc) is 2.37. The standard InChI is InChI=1S/C12H11Cl2NO3/c1-7(15-17)3-4-8-10(13)6-5-9(11(8)14)12(16)18-2/h3-6,17H,1-2H3/b4-3+,15-7-. The molecular weight excluding hydrogens is 277 g/mol. The molecule has 0 bridgehead atoms. The van der Waals surface area contributed by atoms with E-state index in [2.05, 4.69) is 9.89 Å². The predicted molar refractivity (Wildman–Crippen MR) is 71.7 cm³/mol. The summed E-state index contributed by atoms with van der Waals surface area (Å²) >= 11 is 12.1. The van der Waals surface area contributed by atoms with E-state index in [1.54, 1.807) is 19.1 Å². The van der Waals surface area contributed by atoms with Crippen LogP contribution in [0.4, 0.5) is 0 Å². The first kappa shape index (κ1) is 14.5. The zero-order valence-electron chi connectivity index (χ0n) is 9.78. The molecule has 1 N–H and O–H groups in total. The summed E-state index contributed by atoms with van der Waals surface area (Å²) < 4.78 is 4.60. The van der Waals surface area contributed by atoms with E-state index in [0.29, 0.717) is 16.3 Å². The Morgan fingerprint density at radius 1 is 1.44 bits per heavy atom. The van der Waals surface area contributed by atoms with Gasteiger partial charge < -0.3 is 9.94 Å². The lowest BCUT2D eigenvalue weighted by Gasteiger charge is -2.07. The van der Waals surface area contributed by atoms with Crippen molar-refractivity contribution in [2.45, 2.75) is 6.92 Å². The molecule has 0 aliphatic carbocycles. The molecule has 6 heteroatoms. The highest BCUT2D eigenvalue weighted by Gasteiger charge is 2.15. The average molecular weight is 288 g/mol. The fourth-order valence-electron chi connectivity index (χ4n) is 1.23. The van der Waals surface area contributed by atoms with Crippen LogP contribution in [0, 0.1) is 0 Å². The lowest BCUT2D eigenvalue weighted by Crippen LogP contribution is -2.03. The summed E-state index contributed by atoms with van der Waals surface area (Å²) in [5.41, 5.74) is 1.07. The van der Waals surface area contributed by atoms with Crippen LogP contribution in [0.5, 0.6) is 0 Å². The van der Waals surface area contributed by atoms with Crippen LogP contribution in [0.1, 0.15) is 22.8 Å². The Morgan fingerprint density at radius 2 is 2.11 bits per heavy atom. The minimum atomic E-state index is -0.543. The van der Waals surface area contributed by atoms with Gasteiger partial charge in [0.1, 0.15) is 0 Å². The molecule has 1 rings (SSSR count). The van der Waals surface area contributed by atoms with Crippen LogP contribution >= 0.6 is 23.2 Å². The van der Waals surface area contributed by atoms with Crippen LogP contribution in [0.3, 0.4) is 0 Å². The number of allylic oxidation sites excluding steroid dienone is 1. The van der Waals surface area contributed by atoms with E-state index in [1.807, 2.05) is 0 Å². The van der Waals surface area contributed by atoms with E-state index in [9.17, 15) is 4.79 Å². The fourth-order valence-corrected chi connectivity index (χ4v) is 1.80. The number of oxime groups is 1. The second-order valence-electron chi connectivity index (χ2n) is 3.39. The first-order chi connectivity index (χ1) is 8.51. The highest BCUT2D eigenvalue weighted by molar-refractivity contribution is 6.39. The Labute approximate surface area is 114 Å². The van der Waals surface area contributed by atoms with Crippen LogP contribution < -0.4 is 0 Å². The third-order valence-electron chi connectivity index (χ3n) is 2.18. The molecule has 0 fully saturated rings. The Kier molecular flexibility index (Phi) is 5.19. The van der Waals surface area contributed by atoms with Crippen molar-refractivity contribution >= 4 is 41.0 Å². The molecule has 1 aromatic carbocycles. The minimum Gasteiger partial charge on any atom is -0.465 e. The maximum Gasteiger partial charge on any atom is 0.339 e. The Morgan fingerprint density at radius 3 is 2.67 bits per heavy atom. The number of carbonyl (C=O) groups is 1. The first-order valence-corrected chi connectivity index (χ1v) is 5.70. The fraction of sp³-hybridized carbons (Fsp3) is 0.167. The number of hydrogen-bond acceptors (Lipinski definition) is 4. The molecule has 1 aromatic rings. The smallest absolute Gasteiger partial charge is 0.339 e. The van der Waals surface area contributed by atoms with E-state index in [-0.39, 0.29) is 10.6 Å². The van der Waals surface area contributed by atoms with Gasteiger partial charge in [0.25, 0.3) is 0 Å². The van der Waals surface area contributed by atoms with Gasteiger partial charge in [0, 0.05) is 10.6 Å². The van der Waals surface area contributed by atoms with Crippen molar-refractivity contribution in [1.29, 1.82) is 0 Å². The van der Waals surface area contributed by atoms with Gasteiger partial charge in [-0.2, -0.15) is 0 Å². The van der Waals surface area contributed by atoms with Gasteiger partial charge >= 0.3 is 5.97 Å². The van der Waals surface area contributed by atoms with Crippen LogP contribution in [0.15, 0.2) is 23.4 Å². The Balaban J connectivity index is 3.27. The summed E-state index contributed by atoms with van der Waals surface area (Å²) in [6.07, 6.45) is 3.08. The molecular formula is C12H11Cl2NO3.